The van der Waals surface area contributed by atoms with Crippen molar-refractivity contribution in [2.24, 2.45) is 0 Å². The number of carbonyl (C=O) groups is 2. The zero-order valence-electron chi connectivity index (χ0n) is 4.39. The second kappa shape index (κ2) is 4.05. The number of amides is 1. The Labute approximate surface area is 47.4 Å². The van der Waals surface area contributed by atoms with Gasteiger partial charge >= 0.3 is 0 Å². The molecule has 0 aliphatic rings. The van der Waals surface area contributed by atoms with Crippen LogP contribution in [0.15, 0.2) is 12.7 Å². The van der Waals surface area contributed by atoms with Gasteiger partial charge in [-0.15, -0.1) is 0 Å². The molecular formula is C5H7NO2. The molecule has 0 spiro atoms. The third-order valence-electron chi connectivity index (χ3n) is 0.545. The van der Waals surface area contributed by atoms with Gasteiger partial charge in [0.15, 0.2) is 0 Å². The molecule has 0 saturated carbocycles. The Morgan fingerprint density at radius 3 is 2.75 bits per heavy atom. The molecule has 0 aliphatic carbocycles. The fraction of sp³-hybridized carbons (Fsp3) is 0.200. The Bertz CT molecular complexity index is 109. The van der Waals surface area contributed by atoms with Gasteiger partial charge in [-0.1, -0.05) is 6.58 Å². The molecule has 0 aromatic heterocycles. The quantitative estimate of drug-likeness (QED) is 0.395. The normalized spacial score (nSPS) is 7.50. The highest BCUT2D eigenvalue weighted by Crippen LogP contribution is 1.60. The van der Waals surface area contributed by atoms with E-state index in [0.29, 0.717) is 6.29 Å². The average Bonchev–Trinajstić information content (AvgIpc) is 1.83. The van der Waals surface area contributed by atoms with Crippen molar-refractivity contribution in [1.29, 1.82) is 0 Å². The van der Waals surface area contributed by atoms with Crippen LogP contribution < -0.4 is 5.32 Å². The largest absolute Gasteiger partial charge is 0.346 e. The van der Waals surface area contributed by atoms with E-state index < -0.39 is 0 Å². The van der Waals surface area contributed by atoms with E-state index in [2.05, 4.69) is 11.9 Å². The van der Waals surface area contributed by atoms with Crippen LogP contribution in [0.2, 0.25) is 0 Å². The second-order valence-electron chi connectivity index (χ2n) is 1.12. The van der Waals surface area contributed by atoms with Gasteiger partial charge in [-0.25, -0.2) is 0 Å². The first-order valence-corrected chi connectivity index (χ1v) is 2.15. The molecule has 0 bridgehead atoms. The van der Waals surface area contributed by atoms with E-state index in [1.54, 1.807) is 0 Å². The monoisotopic (exact) mass is 113 g/mol. The molecule has 0 aromatic rings. The van der Waals surface area contributed by atoms with Crippen LogP contribution in [0.1, 0.15) is 0 Å². The summed E-state index contributed by atoms with van der Waals surface area (Å²) in [5.74, 6) is -0.322. The summed E-state index contributed by atoms with van der Waals surface area (Å²) in [7, 11) is 0. The molecule has 8 heavy (non-hydrogen) atoms. The Morgan fingerprint density at radius 2 is 2.38 bits per heavy atom. The summed E-state index contributed by atoms with van der Waals surface area (Å²) in [4.78, 5) is 19.8. The maximum atomic E-state index is 10.2. The van der Waals surface area contributed by atoms with Crippen LogP contribution in [0.25, 0.3) is 0 Å². The molecule has 3 heteroatoms. The van der Waals surface area contributed by atoms with Crippen molar-refractivity contribution in [3.8, 4) is 0 Å². The van der Waals surface area contributed by atoms with Crippen molar-refractivity contribution < 1.29 is 9.59 Å². The van der Waals surface area contributed by atoms with Crippen molar-refractivity contribution in [3.05, 3.63) is 12.7 Å². The van der Waals surface area contributed by atoms with E-state index in [1.807, 2.05) is 0 Å². The minimum Gasteiger partial charge on any atom is -0.346 e. The molecule has 0 aliphatic heterocycles. The number of carbonyl (C=O) groups excluding carboxylic acids is 2. The molecule has 0 unspecified atom stereocenters. The van der Waals surface area contributed by atoms with Gasteiger partial charge < -0.3 is 10.1 Å². The molecule has 1 N–H and O–H groups in total. The second-order valence-corrected chi connectivity index (χ2v) is 1.12. The minimum atomic E-state index is -0.322. The van der Waals surface area contributed by atoms with Crippen LogP contribution in [-0.2, 0) is 9.59 Å². The fourth-order valence-corrected chi connectivity index (χ4v) is 0.214. The summed E-state index contributed by atoms with van der Waals surface area (Å²) >= 11 is 0. The molecular weight excluding hydrogens is 106 g/mol. The lowest BCUT2D eigenvalue weighted by Gasteiger charge is -1.89. The van der Waals surface area contributed by atoms with Gasteiger partial charge in [-0.3, -0.25) is 4.79 Å². The summed E-state index contributed by atoms with van der Waals surface area (Å²) < 4.78 is 0. The molecule has 0 rings (SSSR count). The summed E-state index contributed by atoms with van der Waals surface area (Å²) in [6.07, 6.45) is 1.73. The third kappa shape index (κ3) is 3.08. The number of nitrogens with one attached hydrogen (secondary N) is 1. The topological polar surface area (TPSA) is 46.2 Å². The first-order chi connectivity index (χ1) is 3.81. The van der Waals surface area contributed by atoms with Gasteiger partial charge in [0.2, 0.25) is 5.91 Å². The first-order valence-electron chi connectivity index (χ1n) is 2.15. The zero-order chi connectivity index (χ0) is 6.41. The summed E-state index contributed by atoms with van der Waals surface area (Å²) in [5, 5.41) is 2.26. The van der Waals surface area contributed by atoms with Gasteiger partial charge in [0.05, 0.1) is 6.54 Å². The van der Waals surface area contributed by atoms with E-state index in [1.165, 1.54) is 0 Å². The van der Waals surface area contributed by atoms with Crippen LogP contribution >= 0.6 is 0 Å². The lowest BCUT2D eigenvalue weighted by atomic mass is 10.5. The molecule has 0 heterocycles. The van der Waals surface area contributed by atoms with Gasteiger partial charge in [-0.05, 0) is 6.08 Å². The molecule has 1 amide bonds. The molecule has 0 aromatic carbocycles. The fourth-order valence-electron chi connectivity index (χ4n) is 0.214. The molecule has 0 radical (unpaired) electrons. The highest BCUT2D eigenvalue weighted by atomic mass is 16.2. The van der Waals surface area contributed by atoms with Gasteiger partial charge in [0.25, 0.3) is 0 Å². The van der Waals surface area contributed by atoms with E-state index in [4.69, 9.17) is 0 Å². The standard InChI is InChI=1S/C5H7NO2/c1-2-5(8)6-3-4-7/h2,4H,1,3H2,(H,6,8). The van der Waals surface area contributed by atoms with Crippen LogP contribution in [0.4, 0.5) is 0 Å². The molecule has 0 atom stereocenters. The first kappa shape index (κ1) is 6.88. The van der Waals surface area contributed by atoms with Crippen molar-refractivity contribution in [1.82, 2.24) is 5.32 Å². The highest BCUT2D eigenvalue weighted by Gasteiger charge is 1.86. The zero-order valence-corrected chi connectivity index (χ0v) is 4.39. The summed E-state index contributed by atoms with van der Waals surface area (Å²) in [6.45, 7) is 3.25. The van der Waals surface area contributed by atoms with E-state index in [0.717, 1.165) is 6.08 Å². The lowest BCUT2D eigenvalue weighted by Crippen LogP contribution is -2.22. The van der Waals surface area contributed by atoms with E-state index >= 15 is 0 Å². The van der Waals surface area contributed by atoms with Gasteiger partial charge in [-0.2, -0.15) is 0 Å². The van der Waals surface area contributed by atoms with E-state index in [9.17, 15) is 9.59 Å². The van der Waals surface area contributed by atoms with Crippen LogP contribution in [0.5, 0.6) is 0 Å². The van der Waals surface area contributed by atoms with Gasteiger partial charge in [0.1, 0.15) is 6.29 Å². The Hall–Kier alpha value is -1.12. The third-order valence-corrected chi connectivity index (χ3v) is 0.545. The molecule has 0 fully saturated rings. The van der Waals surface area contributed by atoms with Gasteiger partial charge in [0, 0.05) is 0 Å². The van der Waals surface area contributed by atoms with Crippen molar-refractivity contribution in [2.75, 3.05) is 6.54 Å². The maximum Gasteiger partial charge on any atom is 0.243 e. The molecule has 0 saturated heterocycles. The maximum absolute atomic E-state index is 10.2. The Balaban J connectivity index is 3.24. The predicted molar refractivity (Wildman–Crippen MR) is 29.3 cm³/mol. The van der Waals surface area contributed by atoms with E-state index in [-0.39, 0.29) is 12.5 Å². The van der Waals surface area contributed by atoms with Crippen molar-refractivity contribution in [3.63, 3.8) is 0 Å². The summed E-state index contributed by atoms with van der Waals surface area (Å²) in [6, 6.07) is 0. The minimum absolute atomic E-state index is 0.0604. The number of hydrogen-bond acceptors (Lipinski definition) is 2. The van der Waals surface area contributed by atoms with Crippen molar-refractivity contribution >= 4 is 12.2 Å². The SMILES string of the molecule is C=CC(=O)NCC=O. The number of aldehydes is 1. The van der Waals surface area contributed by atoms with Crippen LogP contribution in [0.3, 0.4) is 0 Å². The van der Waals surface area contributed by atoms with Crippen LogP contribution in [-0.4, -0.2) is 18.7 Å². The Kier molecular flexibility index (Phi) is 3.48. The smallest absolute Gasteiger partial charge is 0.243 e. The Morgan fingerprint density at radius 1 is 1.75 bits per heavy atom. The molecule has 44 valence electrons. The highest BCUT2D eigenvalue weighted by molar-refractivity contribution is 5.88. The number of hydrogen-bond donors (Lipinski definition) is 1. The lowest BCUT2D eigenvalue weighted by molar-refractivity contribution is -0.118. The molecule has 3 nitrogen and oxygen atoms in total. The van der Waals surface area contributed by atoms with Crippen LogP contribution in [0, 0.1) is 0 Å². The average molecular weight is 113 g/mol. The predicted octanol–water partition coefficient (Wildman–Crippen LogP) is -0.513. The number of rotatable bonds is 3. The van der Waals surface area contributed by atoms with Crippen molar-refractivity contribution in [2.45, 2.75) is 0 Å². The summed E-state index contributed by atoms with van der Waals surface area (Å²) in [5.41, 5.74) is 0.